The van der Waals surface area contributed by atoms with Crippen molar-refractivity contribution in [3.63, 3.8) is 0 Å². The lowest BCUT2D eigenvalue weighted by atomic mass is 9.85. The zero-order valence-corrected chi connectivity index (χ0v) is 23.6. The highest BCUT2D eigenvalue weighted by molar-refractivity contribution is 5.85. The maximum atomic E-state index is 12.1. The SMILES string of the molecule is CCCCOC(=O)NCCc1c(C(C)c2ccc3c(c2)C2CCN(CC)CC2N3CC)[nH]c2ccccc12. The van der Waals surface area contributed by atoms with Crippen LogP contribution in [0.2, 0.25) is 0 Å². The first-order valence-electron chi connectivity index (χ1n) is 14.7. The van der Waals surface area contributed by atoms with Crippen molar-refractivity contribution in [2.75, 3.05) is 44.2 Å². The Morgan fingerprint density at radius 2 is 2.00 bits per heavy atom. The number of ether oxygens (including phenoxy) is 1. The van der Waals surface area contributed by atoms with Gasteiger partial charge in [-0.15, -0.1) is 0 Å². The number of piperidine rings is 1. The van der Waals surface area contributed by atoms with E-state index in [2.05, 4.69) is 90.3 Å². The number of amides is 1. The number of H-pyrrole nitrogens is 1. The van der Waals surface area contributed by atoms with Crippen LogP contribution in [0.25, 0.3) is 10.9 Å². The molecule has 0 radical (unpaired) electrons. The van der Waals surface area contributed by atoms with E-state index in [0.717, 1.165) is 44.4 Å². The summed E-state index contributed by atoms with van der Waals surface area (Å²) in [6.45, 7) is 14.5. The first-order valence-corrected chi connectivity index (χ1v) is 14.7. The Kier molecular flexibility index (Phi) is 8.27. The molecule has 0 aliphatic carbocycles. The van der Waals surface area contributed by atoms with Gasteiger partial charge in [-0.3, -0.25) is 0 Å². The first kappa shape index (κ1) is 26.6. The number of benzene rings is 2. The molecule has 2 aromatic carbocycles. The van der Waals surface area contributed by atoms with E-state index < -0.39 is 0 Å². The summed E-state index contributed by atoms with van der Waals surface area (Å²) >= 11 is 0. The minimum absolute atomic E-state index is 0.226. The third-order valence-electron chi connectivity index (χ3n) is 8.77. The summed E-state index contributed by atoms with van der Waals surface area (Å²) in [5, 5.41) is 4.19. The molecule has 2 N–H and O–H groups in total. The zero-order chi connectivity index (χ0) is 26.6. The number of rotatable bonds is 10. The molecule has 38 heavy (non-hydrogen) atoms. The van der Waals surface area contributed by atoms with Crippen molar-refractivity contribution >= 4 is 22.7 Å². The number of hydrogen-bond donors (Lipinski definition) is 2. The smallest absolute Gasteiger partial charge is 0.407 e. The van der Waals surface area contributed by atoms with Crippen molar-refractivity contribution in [2.24, 2.45) is 0 Å². The van der Waals surface area contributed by atoms with Crippen LogP contribution >= 0.6 is 0 Å². The Hall–Kier alpha value is -2.99. The van der Waals surface area contributed by atoms with Crippen LogP contribution in [-0.4, -0.2) is 61.3 Å². The topological polar surface area (TPSA) is 60.6 Å². The maximum absolute atomic E-state index is 12.1. The lowest BCUT2D eigenvalue weighted by molar-refractivity contribution is 0.144. The molecule has 3 aromatic rings. The van der Waals surface area contributed by atoms with Crippen LogP contribution in [0.5, 0.6) is 0 Å². The van der Waals surface area contributed by atoms with Crippen molar-refractivity contribution in [1.29, 1.82) is 0 Å². The molecule has 1 aromatic heterocycles. The van der Waals surface area contributed by atoms with Gasteiger partial charge in [0, 0.05) is 59.8 Å². The molecular weight excluding hydrogens is 472 g/mol. The molecule has 6 heteroatoms. The van der Waals surface area contributed by atoms with Gasteiger partial charge < -0.3 is 24.8 Å². The summed E-state index contributed by atoms with van der Waals surface area (Å²) in [5.41, 5.74) is 8.00. The summed E-state index contributed by atoms with van der Waals surface area (Å²) in [5.74, 6) is 0.842. The molecular formula is C32H44N4O2. The molecule has 204 valence electrons. The van der Waals surface area contributed by atoms with Gasteiger partial charge in [0.15, 0.2) is 0 Å². The van der Waals surface area contributed by atoms with E-state index in [-0.39, 0.29) is 12.0 Å². The van der Waals surface area contributed by atoms with Gasteiger partial charge in [0.05, 0.1) is 6.61 Å². The second kappa shape index (κ2) is 11.8. The number of para-hydroxylation sites is 1. The van der Waals surface area contributed by atoms with E-state index in [1.807, 2.05) is 0 Å². The monoisotopic (exact) mass is 516 g/mol. The van der Waals surface area contributed by atoms with Gasteiger partial charge in [0.1, 0.15) is 0 Å². The average molecular weight is 517 g/mol. The normalized spacial score (nSPS) is 19.8. The fourth-order valence-corrected chi connectivity index (χ4v) is 6.62. The Morgan fingerprint density at radius 3 is 2.79 bits per heavy atom. The summed E-state index contributed by atoms with van der Waals surface area (Å²) in [6, 6.07) is 16.3. The lowest BCUT2D eigenvalue weighted by Crippen LogP contribution is -2.48. The molecule has 0 spiro atoms. The predicted octanol–water partition coefficient (Wildman–Crippen LogP) is 6.41. The molecule has 1 fully saturated rings. The molecule has 0 bridgehead atoms. The Labute approximate surface area is 227 Å². The van der Waals surface area contributed by atoms with Gasteiger partial charge in [0.25, 0.3) is 0 Å². The Morgan fingerprint density at radius 1 is 1.16 bits per heavy atom. The van der Waals surface area contributed by atoms with E-state index in [0.29, 0.717) is 25.1 Å². The number of carbonyl (C=O) groups excluding carboxylic acids is 1. The Bertz CT molecular complexity index is 1250. The number of fused-ring (bicyclic) bond motifs is 4. The number of anilines is 1. The number of unbranched alkanes of at least 4 members (excludes halogenated alkanes) is 1. The number of aromatic nitrogens is 1. The highest BCUT2D eigenvalue weighted by Gasteiger charge is 2.41. The predicted molar refractivity (Wildman–Crippen MR) is 157 cm³/mol. The van der Waals surface area contributed by atoms with Crippen molar-refractivity contribution in [2.45, 2.75) is 71.3 Å². The fourth-order valence-electron chi connectivity index (χ4n) is 6.62. The zero-order valence-electron chi connectivity index (χ0n) is 23.6. The van der Waals surface area contributed by atoms with Crippen LogP contribution < -0.4 is 10.2 Å². The second-order valence-electron chi connectivity index (χ2n) is 10.9. The molecule has 3 atom stereocenters. The van der Waals surface area contributed by atoms with Crippen LogP contribution in [0.15, 0.2) is 42.5 Å². The fraction of sp³-hybridized carbons (Fsp3) is 0.531. The standard InChI is InChI=1S/C32H44N4O2/c1-5-8-19-38-32(37)33-17-15-26-24-11-9-10-12-28(24)34-31(26)22(4)23-13-14-29-27(20-23)25-16-18-35(6-2)21-30(25)36(29)7-3/h9-14,20,22,25,30,34H,5-8,15-19,21H2,1-4H3,(H,33,37). The maximum Gasteiger partial charge on any atom is 0.407 e. The van der Waals surface area contributed by atoms with Crippen LogP contribution in [0, 0.1) is 0 Å². The number of alkyl carbamates (subject to hydrolysis) is 1. The van der Waals surface area contributed by atoms with Crippen molar-refractivity contribution in [1.82, 2.24) is 15.2 Å². The molecule has 5 rings (SSSR count). The molecule has 1 amide bonds. The molecule has 3 heterocycles. The molecule has 6 nitrogen and oxygen atoms in total. The number of hydrogen-bond acceptors (Lipinski definition) is 4. The molecule has 2 aliphatic heterocycles. The quantitative estimate of drug-likeness (QED) is 0.306. The molecule has 0 saturated carbocycles. The largest absolute Gasteiger partial charge is 0.450 e. The van der Waals surface area contributed by atoms with Gasteiger partial charge >= 0.3 is 6.09 Å². The molecule has 3 unspecified atom stereocenters. The summed E-state index contributed by atoms with van der Waals surface area (Å²) < 4.78 is 5.29. The number of likely N-dealkylation sites (tertiary alicyclic amines) is 1. The van der Waals surface area contributed by atoms with Crippen molar-refractivity contribution in [3.8, 4) is 0 Å². The summed E-state index contributed by atoms with van der Waals surface area (Å²) in [4.78, 5) is 21.1. The highest BCUT2D eigenvalue weighted by atomic mass is 16.5. The molecule has 2 aliphatic rings. The summed E-state index contributed by atoms with van der Waals surface area (Å²) in [7, 11) is 0. The van der Waals surface area contributed by atoms with E-state index in [1.54, 1.807) is 0 Å². The van der Waals surface area contributed by atoms with E-state index in [9.17, 15) is 4.79 Å². The number of carbonyl (C=O) groups is 1. The summed E-state index contributed by atoms with van der Waals surface area (Å²) in [6.07, 6.45) is 3.58. The van der Waals surface area contributed by atoms with Crippen LogP contribution in [-0.2, 0) is 11.2 Å². The van der Waals surface area contributed by atoms with Gasteiger partial charge in [-0.2, -0.15) is 0 Å². The average Bonchev–Trinajstić information content (AvgIpc) is 3.47. The van der Waals surface area contributed by atoms with Crippen molar-refractivity contribution in [3.05, 3.63) is 64.8 Å². The van der Waals surface area contributed by atoms with E-state index in [4.69, 9.17) is 4.74 Å². The second-order valence-corrected chi connectivity index (χ2v) is 10.9. The number of likely N-dealkylation sites (N-methyl/N-ethyl adjacent to an activating group) is 2. The number of nitrogens with one attached hydrogen (secondary N) is 2. The Balaban J connectivity index is 1.39. The van der Waals surface area contributed by atoms with Crippen LogP contribution in [0.3, 0.4) is 0 Å². The third kappa shape index (κ3) is 5.15. The number of aromatic amines is 1. The number of nitrogens with zero attached hydrogens (tertiary/aromatic N) is 2. The highest BCUT2D eigenvalue weighted by Crippen LogP contribution is 2.46. The lowest BCUT2D eigenvalue weighted by Gasteiger charge is -2.38. The van der Waals surface area contributed by atoms with Gasteiger partial charge in [0.2, 0.25) is 0 Å². The molecule has 1 saturated heterocycles. The third-order valence-corrected chi connectivity index (χ3v) is 8.77. The van der Waals surface area contributed by atoms with Crippen LogP contribution in [0.4, 0.5) is 10.5 Å². The van der Waals surface area contributed by atoms with Crippen LogP contribution in [0.1, 0.15) is 81.2 Å². The minimum atomic E-state index is -0.323. The van der Waals surface area contributed by atoms with Gasteiger partial charge in [-0.05, 0) is 68.1 Å². The van der Waals surface area contributed by atoms with E-state index >= 15 is 0 Å². The minimum Gasteiger partial charge on any atom is -0.450 e. The van der Waals surface area contributed by atoms with Gasteiger partial charge in [-0.1, -0.05) is 57.5 Å². The van der Waals surface area contributed by atoms with E-state index in [1.165, 1.54) is 46.4 Å². The van der Waals surface area contributed by atoms with Gasteiger partial charge in [-0.25, -0.2) is 4.79 Å². The first-order chi connectivity index (χ1) is 18.5. The van der Waals surface area contributed by atoms with Crippen molar-refractivity contribution < 1.29 is 9.53 Å².